The molecule has 0 radical (unpaired) electrons. The molecule has 1 saturated carbocycles. The lowest BCUT2D eigenvalue weighted by Gasteiger charge is -2.36. The minimum atomic E-state index is -1.12. The zero-order chi connectivity index (χ0) is 15.2. The van der Waals surface area contributed by atoms with E-state index in [0.29, 0.717) is 31.9 Å². The molecule has 3 N–H and O–H groups in total. The molecule has 2 amide bonds. The molecule has 1 unspecified atom stereocenters. The highest BCUT2D eigenvalue weighted by Gasteiger charge is 2.42. The third kappa shape index (κ3) is 4.67. The van der Waals surface area contributed by atoms with Crippen LogP contribution < -0.4 is 10.6 Å². The second-order valence-electron chi connectivity index (χ2n) is 5.67. The van der Waals surface area contributed by atoms with E-state index in [0.717, 1.165) is 12.8 Å². The molecule has 0 aromatic rings. The van der Waals surface area contributed by atoms with Gasteiger partial charge in [0.2, 0.25) is 0 Å². The van der Waals surface area contributed by atoms with Crippen LogP contribution >= 0.6 is 0 Å². The predicted octanol–water partition coefficient (Wildman–Crippen LogP) is 1.74. The molecule has 0 aromatic carbocycles. The summed E-state index contributed by atoms with van der Waals surface area (Å²) < 4.78 is 5.31. The van der Waals surface area contributed by atoms with Crippen LogP contribution in [0.25, 0.3) is 0 Å². The fourth-order valence-electron chi connectivity index (χ4n) is 2.49. The molecule has 116 valence electrons. The van der Waals surface area contributed by atoms with Crippen molar-refractivity contribution in [3.05, 3.63) is 0 Å². The summed E-state index contributed by atoms with van der Waals surface area (Å²) in [5, 5.41) is 14.7. The molecule has 0 saturated heterocycles. The molecule has 1 aliphatic carbocycles. The maximum atomic E-state index is 11.9. The number of hydrogen-bond acceptors (Lipinski definition) is 3. The molecule has 0 heterocycles. The van der Waals surface area contributed by atoms with Crippen molar-refractivity contribution >= 4 is 12.0 Å². The van der Waals surface area contributed by atoms with Gasteiger partial charge in [-0.3, -0.25) is 0 Å². The van der Waals surface area contributed by atoms with Crippen molar-refractivity contribution in [2.75, 3.05) is 13.2 Å². The average Bonchev–Trinajstić information content (AvgIpc) is 2.39. The lowest BCUT2D eigenvalue weighted by Crippen LogP contribution is -2.59. The standard InChI is InChI=1S/C14H26N2O4/c1-4-20-11(3)9-15-13(19)16-14(12(17)18)7-5-10(2)6-8-14/h10-11H,4-9H2,1-3H3,(H,17,18)(H2,15,16,19). The molecule has 1 atom stereocenters. The fraction of sp³-hybridized carbons (Fsp3) is 0.857. The van der Waals surface area contributed by atoms with Crippen LogP contribution in [0.3, 0.4) is 0 Å². The summed E-state index contributed by atoms with van der Waals surface area (Å²) in [5.74, 6) is -0.428. The normalized spacial score (nSPS) is 27.6. The molecular formula is C14H26N2O4. The number of ether oxygens (including phenoxy) is 1. The highest BCUT2D eigenvalue weighted by Crippen LogP contribution is 2.32. The average molecular weight is 286 g/mol. The van der Waals surface area contributed by atoms with Crippen molar-refractivity contribution in [3.8, 4) is 0 Å². The predicted molar refractivity (Wildman–Crippen MR) is 75.6 cm³/mol. The van der Waals surface area contributed by atoms with Gasteiger partial charge in [0.25, 0.3) is 0 Å². The minimum absolute atomic E-state index is 0.0853. The van der Waals surface area contributed by atoms with E-state index in [4.69, 9.17) is 4.74 Å². The maximum absolute atomic E-state index is 11.9. The van der Waals surface area contributed by atoms with E-state index in [-0.39, 0.29) is 6.10 Å². The van der Waals surface area contributed by atoms with Crippen LogP contribution in [-0.2, 0) is 9.53 Å². The number of rotatable bonds is 6. The van der Waals surface area contributed by atoms with Gasteiger partial charge in [-0.2, -0.15) is 0 Å². The fourth-order valence-corrected chi connectivity index (χ4v) is 2.49. The maximum Gasteiger partial charge on any atom is 0.329 e. The summed E-state index contributed by atoms with van der Waals surface area (Å²) in [6.45, 7) is 6.81. The Bertz CT molecular complexity index is 338. The number of hydrogen-bond donors (Lipinski definition) is 3. The largest absolute Gasteiger partial charge is 0.480 e. The van der Waals surface area contributed by atoms with Gasteiger partial charge in [0.1, 0.15) is 5.54 Å². The Labute approximate surface area is 120 Å². The van der Waals surface area contributed by atoms with Crippen LogP contribution in [0, 0.1) is 5.92 Å². The van der Waals surface area contributed by atoms with Gasteiger partial charge < -0.3 is 20.5 Å². The molecule has 1 rings (SSSR count). The first-order valence-electron chi connectivity index (χ1n) is 7.30. The second-order valence-corrected chi connectivity index (χ2v) is 5.67. The van der Waals surface area contributed by atoms with E-state index in [2.05, 4.69) is 17.6 Å². The van der Waals surface area contributed by atoms with Gasteiger partial charge in [0.15, 0.2) is 0 Å². The van der Waals surface area contributed by atoms with Crippen molar-refractivity contribution in [3.63, 3.8) is 0 Å². The summed E-state index contributed by atoms with van der Waals surface area (Å²) in [5.41, 5.74) is -1.12. The third-order valence-corrected chi connectivity index (χ3v) is 3.89. The first-order chi connectivity index (χ1) is 9.39. The molecule has 1 aliphatic rings. The molecule has 0 aliphatic heterocycles. The molecule has 0 aromatic heterocycles. The van der Waals surface area contributed by atoms with Crippen LogP contribution in [0.4, 0.5) is 4.79 Å². The Hall–Kier alpha value is -1.30. The lowest BCUT2D eigenvalue weighted by molar-refractivity contribution is -0.146. The quantitative estimate of drug-likeness (QED) is 0.694. The van der Waals surface area contributed by atoms with E-state index in [9.17, 15) is 14.7 Å². The molecule has 6 nitrogen and oxygen atoms in total. The lowest BCUT2D eigenvalue weighted by atomic mass is 9.77. The van der Waals surface area contributed by atoms with Crippen LogP contribution in [0.1, 0.15) is 46.5 Å². The highest BCUT2D eigenvalue weighted by molar-refractivity contribution is 5.86. The van der Waals surface area contributed by atoms with Gasteiger partial charge in [-0.15, -0.1) is 0 Å². The zero-order valence-electron chi connectivity index (χ0n) is 12.6. The van der Waals surface area contributed by atoms with Crippen molar-refractivity contribution in [1.82, 2.24) is 10.6 Å². The SMILES string of the molecule is CCOC(C)CNC(=O)NC1(C(=O)O)CCC(C)CC1. The first kappa shape index (κ1) is 16.8. The number of nitrogens with one attached hydrogen (secondary N) is 2. The van der Waals surface area contributed by atoms with Gasteiger partial charge in [-0.25, -0.2) is 9.59 Å². The van der Waals surface area contributed by atoms with Gasteiger partial charge in [-0.1, -0.05) is 6.92 Å². The highest BCUT2D eigenvalue weighted by atomic mass is 16.5. The number of aliphatic carboxylic acids is 1. The summed E-state index contributed by atoms with van der Waals surface area (Å²) in [6, 6.07) is -0.437. The Balaban J connectivity index is 2.50. The van der Waals surface area contributed by atoms with Crippen LogP contribution in [-0.4, -0.2) is 41.9 Å². The zero-order valence-corrected chi connectivity index (χ0v) is 12.6. The Morgan fingerprint density at radius 2 is 2.00 bits per heavy atom. The minimum Gasteiger partial charge on any atom is -0.480 e. The number of amides is 2. The van der Waals surface area contributed by atoms with Crippen molar-refractivity contribution in [1.29, 1.82) is 0 Å². The Morgan fingerprint density at radius 1 is 1.40 bits per heavy atom. The molecule has 0 spiro atoms. The first-order valence-corrected chi connectivity index (χ1v) is 7.30. The summed E-state index contributed by atoms with van der Waals surface area (Å²) in [6.07, 6.45) is 2.53. The van der Waals surface area contributed by atoms with Gasteiger partial charge >= 0.3 is 12.0 Å². The summed E-state index contributed by atoms with van der Waals surface area (Å²) in [7, 11) is 0. The van der Waals surface area contributed by atoms with E-state index in [1.807, 2.05) is 13.8 Å². The summed E-state index contributed by atoms with van der Waals surface area (Å²) >= 11 is 0. The van der Waals surface area contributed by atoms with Crippen LogP contribution in [0.15, 0.2) is 0 Å². The summed E-state index contributed by atoms with van der Waals surface area (Å²) in [4.78, 5) is 23.4. The Morgan fingerprint density at radius 3 is 2.50 bits per heavy atom. The molecule has 20 heavy (non-hydrogen) atoms. The molecule has 0 bridgehead atoms. The van der Waals surface area contributed by atoms with E-state index < -0.39 is 17.5 Å². The number of carboxylic acid groups (broad SMARTS) is 1. The van der Waals surface area contributed by atoms with Crippen molar-refractivity contribution in [2.45, 2.75) is 58.1 Å². The van der Waals surface area contributed by atoms with Crippen molar-refractivity contribution < 1.29 is 19.4 Å². The van der Waals surface area contributed by atoms with Gasteiger partial charge in [-0.05, 0) is 45.4 Å². The van der Waals surface area contributed by atoms with Crippen molar-refractivity contribution in [2.24, 2.45) is 5.92 Å². The molecular weight excluding hydrogens is 260 g/mol. The van der Waals surface area contributed by atoms with Crippen LogP contribution in [0.2, 0.25) is 0 Å². The van der Waals surface area contributed by atoms with Crippen LogP contribution in [0.5, 0.6) is 0 Å². The number of carbonyl (C=O) groups excluding carboxylic acids is 1. The monoisotopic (exact) mass is 286 g/mol. The number of urea groups is 1. The number of carbonyl (C=O) groups is 2. The van der Waals surface area contributed by atoms with E-state index in [1.165, 1.54) is 0 Å². The smallest absolute Gasteiger partial charge is 0.329 e. The van der Waals surface area contributed by atoms with E-state index >= 15 is 0 Å². The van der Waals surface area contributed by atoms with Gasteiger partial charge in [0.05, 0.1) is 6.10 Å². The van der Waals surface area contributed by atoms with E-state index in [1.54, 1.807) is 0 Å². The molecule has 6 heteroatoms. The number of carboxylic acids is 1. The molecule has 1 fully saturated rings. The third-order valence-electron chi connectivity index (χ3n) is 3.89. The Kier molecular flexibility index (Phi) is 6.26. The second kappa shape index (κ2) is 7.47. The van der Waals surface area contributed by atoms with Gasteiger partial charge in [0, 0.05) is 13.2 Å². The topological polar surface area (TPSA) is 87.7 Å².